The molecule has 6 nitrogen and oxygen atoms in total. The number of fused-ring (bicyclic) bond motifs is 3. The Morgan fingerprint density at radius 2 is 1.69 bits per heavy atom. The number of allylic oxidation sites excluding steroid dienone is 2. The van der Waals surface area contributed by atoms with Crippen LogP contribution in [0.4, 0.5) is 32.0 Å². The maximum absolute atomic E-state index is 13.9. The molecule has 0 saturated carbocycles. The largest absolute Gasteiger partial charge is 0.508 e. The van der Waals surface area contributed by atoms with E-state index in [0.29, 0.717) is 42.7 Å². The Labute approximate surface area is 256 Å². The number of hydrogen-bond acceptors (Lipinski definition) is 5. The highest BCUT2D eigenvalue weighted by Gasteiger charge is 2.58. The number of nitrogens with zero attached hydrogens (tertiary/aromatic N) is 1. The summed E-state index contributed by atoms with van der Waals surface area (Å²) in [7, 11) is -1.29. The van der Waals surface area contributed by atoms with E-state index in [2.05, 4.69) is 0 Å². The van der Waals surface area contributed by atoms with Gasteiger partial charge in [-0.1, -0.05) is 42.7 Å². The monoisotopic (exact) mass is 635 g/mol. The van der Waals surface area contributed by atoms with Crippen LogP contribution in [-0.4, -0.2) is 35.2 Å². The molecule has 4 atom stereocenters. The average molecular weight is 635 g/mol. The topological polar surface area (TPSA) is 87.1 Å². The molecule has 2 fully saturated rings. The van der Waals surface area contributed by atoms with Crippen LogP contribution in [0.15, 0.2) is 59.2 Å². The summed E-state index contributed by atoms with van der Waals surface area (Å²) in [6.45, 7) is 3.83. The van der Waals surface area contributed by atoms with Crippen molar-refractivity contribution in [3.63, 3.8) is 0 Å². The van der Waals surface area contributed by atoms with Crippen LogP contribution in [0.25, 0.3) is 6.08 Å². The molecule has 13 heteroatoms. The zero-order valence-corrected chi connectivity index (χ0v) is 24.6. The fourth-order valence-corrected chi connectivity index (χ4v) is 6.95. The minimum Gasteiger partial charge on any atom is -0.508 e. The number of amides is 2. The predicted octanol–water partition coefficient (Wildman–Crippen LogP) is 7.42. The number of carbonyl (C=O) groups excluding carboxylic acids is 2. The highest BCUT2D eigenvalue weighted by atomic mass is 19.4. The van der Waals surface area contributed by atoms with E-state index in [1.807, 2.05) is 26.0 Å². The fourth-order valence-electron chi connectivity index (χ4n) is 6.95. The minimum atomic E-state index is -5.15. The summed E-state index contributed by atoms with van der Waals surface area (Å²) in [5.74, 6) is -4.36. The van der Waals surface area contributed by atoms with Gasteiger partial charge in [0.15, 0.2) is 0 Å². The number of anilines is 1. The number of carbonyl (C=O) groups is 2. The van der Waals surface area contributed by atoms with Crippen LogP contribution in [0, 0.1) is 17.8 Å². The van der Waals surface area contributed by atoms with Crippen LogP contribution in [0.5, 0.6) is 5.75 Å². The van der Waals surface area contributed by atoms with E-state index < -0.39 is 72.0 Å². The Morgan fingerprint density at radius 3 is 2.29 bits per heavy atom. The van der Waals surface area contributed by atoms with E-state index in [1.165, 1.54) is 0 Å². The molecule has 0 aromatic heterocycles. The number of rotatable bonds is 7. The van der Waals surface area contributed by atoms with Crippen molar-refractivity contribution in [1.82, 2.24) is 0 Å². The molecule has 0 bridgehead atoms. The zero-order chi connectivity index (χ0) is 32.8. The normalized spacial score (nSPS) is 24.3. The first-order valence-electron chi connectivity index (χ1n) is 14.8. The molecule has 2 aromatic carbocycles. The van der Waals surface area contributed by atoms with Gasteiger partial charge >= 0.3 is 19.5 Å². The van der Waals surface area contributed by atoms with Crippen molar-refractivity contribution in [1.29, 1.82) is 0 Å². The first kappa shape index (κ1) is 32.8. The highest BCUT2D eigenvalue weighted by molar-refractivity contribution is 6.43. The molecule has 240 valence electrons. The molecule has 5 rings (SSSR count). The Morgan fingerprint density at radius 1 is 1.02 bits per heavy atom. The average Bonchev–Trinajstić information content (AvgIpc) is 3.19. The van der Waals surface area contributed by atoms with Crippen molar-refractivity contribution in [2.45, 2.75) is 70.7 Å². The van der Waals surface area contributed by atoms with E-state index in [1.54, 1.807) is 18.2 Å². The van der Waals surface area contributed by atoms with Gasteiger partial charge in [0.25, 0.3) is 0 Å². The van der Waals surface area contributed by atoms with E-state index in [0.717, 1.165) is 22.3 Å². The van der Waals surface area contributed by atoms with E-state index in [-0.39, 0.29) is 24.6 Å². The minimum absolute atomic E-state index is 0.0401. The first-order valence-corrected chi connectivity index (χ1v) is 14.8. The Bertz CT molecular complexity index is 1520. The summed E-state index contributed by atoms with van der Waals surface area (Å²) in [6, 6.07) is 7.46. The Hall–Kier alpha value is -3.58. The molecular formula is C32H32BF6NO5. The molecule has 2 heterocycles. The lowest BCUT2D eigenvalue weighted by molar-refractivity contribution is -0.143. The van der Waals surface area contributed by atoms with Crippen LogP contribution in [0.3, 0.4) is 0 Å². The third-order valence-corrected chi connectivity index (χ3v) is 8.77. The lowest BCUT2D eigenvalue weighted by Gasteiger charge is -2.43. The van der Waals surface area contributed by atoms with Gasteiger partial charge in [0.2, 0.25) is 11.8 Å². The summed E-state index contributed by atoms with van der Waals surface area (Å²) in [5, 5.41) is 20.5. The Balaban J connectivity index is 1.48. The zero-order valence-electron chi connectivity index (χ0n) is 24.6. The van der Waals surface area contributed by atoms with Crippen molar-refractivity contribution in [3.05, 3.63) is 75.9 Å². The third kappa shape index (κ3) is 6.69. The maximum Gasteiger partial charge on any atom is 0.455 e. The van der Waals surface area contributed by atoms with Crippen molar-refractivity contribution in [2.75, 3.05) is 4.90 Å². The van der Waals surface area contributed by atoms with Crippen molar-refractivity contribution in [2.24, 2.45) is 17.8 Å². The summed E-state index contributed by atoms with van der Waals surface area (Å²) < 4.78 is 87.6. The van der Waals surface area contributed by atoms with Gasteiger partial charge < -0.3 is 14.8 Å². The third-order valence-electron chi connectivity index (χ3n) is 8.77. The van der Waals surface area contributed by atoms with Crippen LogP contribution < -0.4 is 4.90 Å². The van der Waals surface area contributed by atoms with Gasteiger partial charge in [-0.05, 0) is 86.3 Å². The highest BCUT2D eigenvalue weighted by Crippen LogP contribution is 2.52. The van der Waals surface area contributed by atoms with Gasteiger partial charge in [0.05, 0.1) is 34.8 Å². The first-order chi connectivity index (χ1) is 21.1. The quantitative estimate of drug-likeness (QED) is 0.143. The summed E-state index contributed by atoms with van der Waals surface area (Å²) >= 11 is 0. The lowest BCUT2D eigenvalue weighted by Crippen LogP contribution is -2.46. The summed E-state index contributed by atoms with van der Waals surface area (Å²) in [6.07, 6.45) is -6.76. The number of alkyl halides is 6. The van der Waals surface area contributed by atoms with Gasteiger partial charge in [-0.25, -0.2) is 4.90 Å². The number of halogens is 6. The summed E-state index contributed by atoms with van der Waals surface area (Å²) in [5.41, 5.74) is -0.643. The van der Waals surface area contributed by atoms with Gasteiger partial charge in [-0.15, -0.1) is 0 Å². The fraction of sp³-hybridized carbons (Fsp3) is 0.438. The molecule has 2 amide bonds. The van der Waals surface area contributed by atoms with E-state index in [9.17, 15) is 46.1 Å². The molecule has 1 aliphatic carbocycles. The number of phenols is 1. The van der Waals surface area contributed by atoms with Crippen molar-refractivity contribution < 1.29 is 50.7 Å². The predicted molar refractivity (Wildman–Crippen MR) is 155 cm³/mol. The second-order valence-corrected chi connectivity index (χ2v) is 12.0. The summed E-state index contributed by atoms with van der Waals surface area (Å²) in [4.78, 5) is 28.0. The lowest BCUT2D eigenvalue weighted by atomic mass is 9.58. The molecule has 3 aliphatic rings. The molecular weight excluding hydrogens is 603 g/mol. The van der Waals surface area contributed by atoms with Crippen LogP contribution in [0.2, 0.25) is 6.32 Å². The molecule has 2 aromatic rings. The van der Waals surface area contributed by atoms with Crippen molar-refractivity contribution >= 4 is 30.7 Å². The number of aromatic hydroxyl groups is 1. The van der Waals surface area contributed by atoms with Gasteiger partial charge in [-0.2, -0.15) is 26.3 Å². The van der Waals surface area contributed by atoms with Gasteiger partial charge in [0.1, 0.15) is 5.75 Å². The van der Waals surface area contributed by atoms with E-state index >= 15 is 0 Å². The second-order valence-electron chi connectivity index (χ2n) is 12.0. The van der Waals surface area contributed by atoms with Crippen LogP contribution >= 0.6 is 0 Å². The number of benzene rings is 2. The molecule has 2 aliphatic heterocycles. The van der Waals surface area contributed by atoms with Gasteiger partial charge in [0, 0.05) is 0 Å². The SMILES string of the molecule is CCCC1=C2[C@@H](CC/C(C)=C/c3cccc(O)c3)OB(O)C[C@@H]2[C@@H]2C(=O)N(c3cc(C(F)(F)F)cc(C(F)(F)F)c3)C(=O)[C@@H]2C1. The maximum atomic E-state index is 13.9. The Kier molecular flexibility index (Phi) is 8.98. The molecule has 0 spiro atoms. The van der Waals surface area contributed by atoms with Crippen LogP contribution in [0.1, 0.15) is 62.6 Å². The molecule has 45 heavy (non-hydrogen) atoms. The molecule has 0 unspecified atom stereocenters. The number of hydrogen-bond donors (Lipinski definition) is 2. The smallest absolute Gasteiger partial charge is 0.455 e. The number of phenolic OH excluding ortho intramolecular Hbond substituents is 1. The van der Waals surface area contributed by atoms with Gasteiger partial charge in [-0.3, -0.25) is 9.59 Å². The molecule has 0 radical (unpaired) electrons. The van der Waals surface area contributed by atoms with E-state index in [4.69, 9.17) is 4.65 Å². The van der Waals surface area contributed by atoms with Crippen molar-refractivity contribution in [3.8, 4) is 5.75 Å². The standard InChI is InChI=1S/C32H32BF6NO5/c1-3-5-19-12-24-28(30(43)40(29(24)42)22-14-20(31(34,35)36)13-21(15-22)32(37,38)39)25-16-33(44)45-26(27(19)25)9-8-17(2)10-18-6-4-7-23(41)11-18/h4,6-7,10-11,13-15,24-26,28,41,44H,3,5,8-9,12,16H2,1-2H3/b17-10+/t24-,25+,26-,28-/m1/s1. The molecule has 2 saturated heterocycles. The second kappa shape index (κ2) is 12.3. The number of imide groups is 1. The van der Waals surface area contributed by atoms with Crippen LogP contribution in [-0.2, 0) is 26.6 Å². The molecule has 2 N–H and O–H groups in total.